The fourth-order valence-corrected chi connectivity index (χ4v) is 0.573. The molecule has 0 heterocycles. The summed E-state index contributed by atoms with van der Waals surface area (Å²) >= 11 is 0. The van der Waals surface area contributed by atoms with Gasteiger partial charge in [0.1, 0.15) is 6.61 Å². The summed E-state index contributed by atoms with van der Waals surface area (Å²) in [6, 6.07) is 0. The van der Waals surface area contributed by atoms with Crippen molar-refractivity contribution in [2.45, 2.75) is 20.8 Å². The Morgan fingerprint density at radius 1 is 1.38 bits per heavy atom. The lowest BCUT2D eigenvalue weighted by atomic mass is 10.3. The normalized spacial score (nSPS) is 10.6. The van der Waals surface area contributed by atoms with E-state index in [9.17, 15) is 4.79 Å². The summed E-state index contributed by atoms with van der Waals surface area (Å²) in [6.45, 7) is 5.61. The number of esters is 1. The first-order valence-electron chi connectivity index (χ1n) is 3.96. The van der Waals surface area contributed by atoms with E-state index in [1.807, 2.05) is 13.8 Å². The lowest BCUT2D eigenvalue weighted by Crippen LogP contribution is -2.02. The van der Waals surface area contributed by atoms with Gasteiger partial charge in [-0.2, -0.15) is 0 Å². The Kier molecular flexibility index (Phi) is 5.59. The van der Waals surface area contributed by atoms with Crippen LogP contribution in [-0.4, -0.2) is 25.4 Å². The fourth-order valence-electron chi connectivity index (χ4n) is 0.573. The van der Waals surface area contributed by atoms with Crippen LogP contribution >= 0.6 is 0 Å². The molecule has 0 fully saturated rings. The largest absolute Gasteiger partial charge is 0.466 e. The molecule has 0 aliphatic rings. The molecule has 0 aromatic carbocycles. The lowest BCUT2D eigenvalue weighted by molar-refractivity contribution is -0.136. The van der Waals surface area contributed by atoms with Crippen molar-refractivity contribution in [1.82, 2.24) is 0 Å². The summed E-state index contributed by atoms with van der Waals surface area (Å²) < 4.78 is 4.49. The van der Waals surface area contributed by atoms with E-state index in [4.69, 9.17) is 4.84 Å². The molecule has 0 spiro atoms. The maximum atomic E-state index is 10.9. The molecule has 0 saturated carbocycles. The first-order valence-corrected chi connectivity index (χ1v) is 3.96. The maximum absolute atomic E-state index is 10.9. The van der Waals surface area contributed by atoms with Crippen molar-refractivity contribution in [3.8, 4) is 0 Å². The van der Waals surface area contributed by atoms with Crippen LogP contribution < -0.4 is 0 Å². The smallest absolute Gasteiger partial charge is 0.333 e. The van der Waals surface area contributed by atoms with Gasteiger partial charge < -0.3 is 9.57 Å². The molecule has 0 aromatic heterocycles. The van der Waals surface area contributed by atoms with Crippen LogP contribution in [0.4, 0.5) is 0 Å². The molecular weight excluding hydrogens is 170 g/mol. The van der Waals surface area contributed by atoms with Crippen LogP contribution in [0.15, 0.2) is 16.8 Å². The highest BCUT2D eigenvalue weighted by molar-refractivity contribution is 5.87. The number of oxime groups is 1. The van der Waals surface area contributed by atoms with E-state index >= 15 is 0 Å². The van der Waals surface area contributed by atoms with Gasteiger partial charge in [-0.25, -0.2) is 4.79 Å². The molecule has 0 aromatic rings. The number of methoxy groups -OCH3 is 1. The predicted molar refractivity (Wildman–Crippen MR) is 50.5 cm³/mol. The van der Waals surface area contributed by atoms with E-state index < -0.39 is 0 Å². The molecule has 0 aliphatic carbocycles. The van der Waals surface area contributed by atoms with Crippen molar-refractivity contribution in [1.29, 1.82) is 0 Å². The van der Waals surface area contributed by atoms with E-state index in [1.165, 1.54) is 7.11 Å². The average Bonchev–Trinajstić information content (AvgIpc) is 2.10. The van der Waals surface area contributed by atoms with Gasteiger partial charge in [-0.15, -0.1) is 0 Å². The van der Waals surface area contributed by atoms with Crippen molar-refractivity contribution < 1.29 is 14.4 Å². The summed E-state index contributed by atoms with van der Waals surface area (Å²) in [5.74, 6) is -0.346. The Morgan fingerprint density at radius 3 is 2.46 bits per heavy atom. The first kappa shape index (κ1) is 11.7. The Morgan fingerprint density at radius 2 is 2.00 bits per heavy atom. The molecule has 0 amide bonds. The minimum atomic E-state index is -0.346. The van der Waals surface area contributed by atoms with E-state index in [0.717, 1.165) is 5.71 Å². The molecule has 0 bridgehead atoms. The maximum Gasteiger partial charge on any atom is 0.333 e. The van der Waals surface area contributed by atoms with Crippen LogP contribution in [-0.2, 0) is 14.4 Å². The second-order valence-electron chi connectivity index (χ2n) is 2.71. The standard InChI is InChI=1S/C9H15NO3/c1-7(2)10-13-6-5-8(3)9(11)12-4/h5H,6H2,1-4H3. The zero-order valence-electron chi connectivity index (χ0n) is 8.46. The number of carbonyl (C=O) groups is 1. The Bertz CT molecular complexity index is 227. The van der Waals surface area contributed by atoms with Gasteiger partial charge in [0, 0.05) is 5.57 Å². The van der Waals surface area contributed by atoms with Crippen molar-refractivity contribution >= 4 is 11.7 Å². The topological polar surface area (TPSA) is 47.9 Å². The summed E-state index contributed by atoms with van der Waals surface area (Å²) in [6.07, 6.45) is 1.62. The number of hydrogen-bond donors (Lipinski definition) is 0. The highest BCUT2D eigenvalue weighted by Gasteiger charge is 2.00. The van der Waals surface area contributed by atoms with Crippen molar-refractivity contribution in [3.63, 3.8) is 0 Å². The molecule has 0 atom stereocenters. The molecule has 0 unspecified atom stereocenters. The molecule has 13 heavy (non-hydrogen) atoms. The third-order valence-electron chi connectivity index (χ3n) is 1.22. The minimum absolute atomic E-state index is 0.284. The molecule has 0 N–H and O–H groups in total. The molecular formula is C9H15NO3. The summed E-state index contributed by atoms with van der Waals surface area (Å²) in [5, 5.41) is 3.70. The second-order valence-corrected chi connectivity index (χ2v) is 2.71. The van der Waals surface area contributed by atoms with Crippen LogP contribution in [0.1, 0.15) is 20.8 Å². The monoisotopic (exact) mass is 185 g/mol. The highest BCUT2D eigenvalue weighted by atomic mass is 16.6. The number of hydrogen-bond acceptors (Lipinski definition) is 4. The zero-order valence-corrected chi connectivity index (χ0v) is 8.46. The molecule has 0 aliphatic heterocycles. The third-order valence-corrected chi connectivity index (χ3v) is 1.22. The van der Waals surface area contributed by atoms with E-state index in [-0.39, 0.29) is 12.6 Å². The summed E-state index contributed by atoms with van der Waals surface area (Å²) in [4.78, 5) is 15.7. The molecule has 74 valence electrons. The van der Waals surface area contributed by atoms with Crippen LogP contribution in [0.3, 0.4) is 0 Å². The number of nitrogens with zero attached hydrogens (tertiary/aromatic N) is 1. The quantitative estimate of drug-likeness (QED) is 0.219. The molecule has 4 nitrogen and oxygen atoms in total. The molecule has 0 radical (unpaired) electrons. The van der Waals surface area contributed by atoms with E-state index in [0.29, 0.717) is 5.57 Å². The van der Waals surface area contributed by atoms with Gasteiger partial charge in [-0.1, -0.05) is 5.16 Å². The summed E-state index contributed by atoms with van der Waals surface area (Å²) in [7, 11) is 1.34. The van der Waals surface area contributed by atoms with Gasteiger partial charge in [0.2, 0.25) is 0 Å². The number of ether oxygens (including phenoxy) is 1. The lowest BCUT2D eigenvalue weighted by Gasteiger charge is -1.98. The van der Waals surface area contributed by atoms with Crippen LogP contribution in [0, 0.1) is 0 Å². The van der Waals surface area contributed by atoms with Crippen LogP contribution in [0.25, 0.3) is 0 Å². The zero-order chi connectivity index (χ0) is 10.3. The first-order chi connectivity index (χ1) is 6.07. The van der Waals surface area contributed by atoms with Gasteiger partial charge in [-0.05, 0) is 26.8 Å². The van der Waals surface area contributed by atoms with Crippen LogP contribution in [0.5, 0.6) is 0 Å². The van der Waals surface area contributed by atoms with Crippen LogP contribution in [0.2, 0.25) is 0 Å². The van der Waals surface area contributed by atoms with Crippen molar-refractivity contribution in [2.75, 3.05) is 13.7 Å². The summed E-state index contributed by atoms with van der Waals surface area (Å²) in [5.41, 5.74) is 1.36. The number of rotatable bonds is 4. The van der Waals surface area contributed by atoms with Gasteiger partial charge in [0.05, 0.1) is 12.8 Å². The predicted octanol–water partition coefficient (Wildman–Crippen LogP) is 1.52. The van der Waals surface area contributed by atoms with Gasteiger partial charge in [-0.3, -0.25) is 0 Å². The second kappa shape index (κ2) is 6.22. The molecule has 0 rings (SSSR count). The van der Waals surface area contributed by atoms with Crippen molar-refractivity contribution in [2.24, 2.45) is 5.16 Å². The fraction of sp³-hybridized carbons (Fsp3) is 0.556. The molecule has 0 saturated heterocycles. The van der Waals surface area contributed by atoms with Gasteiger partial charge in [0.15, 0.2) is 0 Å². The van der Waals surface area contributed by atoms with Gasteiger partial charge in [0.25, 0.3) is 0 Å². The highest BCUT2D eigenvalue weighted by Crippen LogP contribution is 1.95. The Hall–Kier alpha value is -1.32. The van der Waals surface area contributed by atoms with E-state index in [1.54, 1.807) is 13.0 Å². The third kappa shape index (κ3) is 5.90. The van der Waals surface area contributed by atoms with Crippen molar-refractivity contribution in [3.05, 3.63) is 11.6 Å². The SMILES string of the molecule is COC(=O)C(C)=CCON=C(C)C. The Balaban J connectivity index is 3.85. The molecule has 4 heteroatoms. The minimum Gasteiger partial charge on any atom is -0.466 e. The average molecular weight is 185 g/mol. The van der Waals surface area contributed by atoms with E-state index in [2.05, 4.69) is 9.89 Å². The number of carbonyl (C=O) groups excluding carboxylic acids is 1. The van der Waals surface area contributed by atoms with Gasteiger partial charge >= 0.3 is 5.97 Å². The Labute approximate surface area is 78.2 Å².